The predicted molar refractivity (Wildman–Crippen MR) is 87.7 cm³/mol. The van der Waals surface area contributed by atoms with Crippen molar-refractivity contribution < 1.29 is 4.74 Å². The Morgan fingerprint density at radius 3 is 2.60 bits per heavy atom. The van der Waals surface area contributed by atoms with Gasteiger partial charge in [-0.25, -0.2) is 0 Å². The summed E-state index contributed by atoms with van der Waals surface area (Å²) in [6, 6.07) is 6.32. The summed E-state index contributed by atoms with van der Waals surface area (Å²) in [6.45, 7) is 8.10. The molecule has 0 aliphatic carbocycles. The third-order valence-electron chi connectivity index (χ3n) is 3.23. The Kier molecular flexibility index (Phi) is 8.72. The minimum atomic E-state index is 0.455. The average molecular weight is 298 g/mol. The lowest BCUT2D eigenvalue weighted by Gasteiger charge is -2.14. The molecular formula is C17H28ClNO. The monoisotopic (exact) mass is 297 g/mol. The first-order chi connectivity index (χ1) is 9.63. The fraction of sp³-hybridized carbons (Fsp3) is 0.647. The minimum Gasteiger partial charge on any atom is -0.493 e. The number of halogens is 1. The van der Waals surface area contributed by atoms with Crippen LogP contribution in [0, 0.1) is 0 Å². The lowest BCUT2D eigenvalue weighted by Crippen LogP contribution is -2.22. The number of rotatable bonds is 10. The molecule has 0 heterocycles. The maximum atomic E-state index is 6.07. The van der Waals surface area contributed by atoms with Crippen molar-refractivity contribution >= 4 is 11.6 Å². The Bertz CT molecular complexity index is 379. The summed E-state index contributed by atoms with van der Waals surface area (Å²) in [6.07, 6.45) is 6.29. The van der Waals surface area contributed by atoms with Gasteiger partial charge in [-0.1, -0.05) is 58.1 Å². The van der Waals surface area contributed by atoms with E-state index in [1.165, 1.54) is 25.7 Å². The summed E-state index contributed by atoms with van der Waals surface area (Å²) >= 11 is 6.07. The van der Waals surface area contributed by atoms with Crippen molar-refractivity contribution in [2.75, 3.05) is 6.61 Å². The highest BCUT2D eigenvalue weighted by molar-refractivity contribution is 6.30. The molecule has 1 aromatic rings. The Morgan fingerprint density at radius 2 is 1.90 bits per heavy atom. The molecule has 2 nitrogen and oxygen atoms in total. The second-order valence-corrected chi connectivity index (χ2v) is 5.99. The summed E-state index contributed by atoms with van der Waals surface area (Å²) in [5.74, 6) is 0.957. The van der Waals surface area contributed by atoms with Gasteiger partial charge in [0.25, 0.3) is 0 Å². The van der Waals surface area contributed by atoms with Crippen LogP contribution in [-0.2, 0) is 6.54 Å². The zero-order valence-corrected chi connectivity index (χ0v) is 13.8. The van der Waals surface area contributed by atoms with Crippen LogP contribution >= 0.6 is 11.6 Å². The van der Waals surface area contributed by atoms with Crippen LogP contribution in [0.25, 0.3) is 0 Å². The predicted octanol–water partition coefficient (Wildman–Crippen LogP) is 5.19. The molecule has 0 aliphatic heterocycles. The highest BCUT2D eigenvalue weighted by Gasteiger charge is 2.05. The molecule has 114 valence electrons. The van der Waals surface area contributed by atoms with Crippen LogP contribution in [0.1, 0.15) is 58.4 Å². The van der Waals surface area contributed by atoms with Gasteiger partial charge in [0.2, 0.25) is 0 Å². The quantitative estimate of drug-likeness (QED) is 0.600. The van der Waals surface area contributed by atoms with Crippen LogP contribution in [0.4, 0.5) is 0 Å². The number of hydrogen-bond acceptors (Lipinski definition) is 2. The SMILES string of the molecule is CCCCCCCOc1ccc(Cl)cc1CNC(C)C. The van der Waals surface area contributed by atoms with Gasteiger partial charge in [0.1, 0.15) is 5.75 Å². The van der Waals surface area contributed by atoms with Gasteiger partial charge in [0, 0.05) is 23.2 Å². The lowest BCUT2D eigenvalue weighted by atomic mass is 10.1. The van der Waals surface area contributed by atoms with Crippen LogP contribution in [-0.4, -0.2) is 12.6 Å². The molecule has 20 heavy (non-hydrogen) atoms. The average Bonchev–Trinajstić information content (AvgIpc) is 2.42. The third kappa shape index (κ3) is 7.16. The van der Waals surface area contributed by atoms with Crippen molar-refractivity contribution in [3.05, 3.63) is 28.8 Å². The van der Waals surface area contributed by atoms with E-state index in [0.717, 1.165) is 35.9 Å². The van der Waals surface area contributed by atoms with E-state index in [4.69, 9.17) is 16.3 Å². The summed E-state index contributed by atoms with van der Waals surface area (Å²) in [5.41, 5.74) is 1.14. The van der Waals surface area contributed by atoms with Crippen molar-refractivity contribution in [1.29, 1.82) is 0 Å². The molecular weight excluding hydrogens is 270 g/mol. The first-order valence-electron chi connectivity index (χ1n) is 7.78. The Morgan fingerprint density at radius 1 is 1.15 bits per heavy atom. The van der Waals surface area contributed by atoms with Gasteiger partial charge in [0.15, 0.2) is 0 Å². The van der Waals surface area contributed by atoms with E-state index in [1.807, 2.05) is 18.2 Å². The summed E-state index contributed by atoms with van der Waals surface area (Å²) in [4.78, 5) is 0. The van der Waals surface area contributed by atoms with E-state index in [0.29, 0.717) is 6.04 Å². The Hall–Kier alpha value is -0.730. The molecule has 1 N–H and O–H groups in total. The standard InChI is InChI=1S/C17H28ClNO/c1-4-5-6-7-8-11-20-17-10-9-16(18)12-15(17)13-19-14(2)3/h9-10,12,14,19H,4-8,11,13H2,1-3H3. The Balaban J connectivity index is 2.43. The summed E-state index contributed by atoms with van der Waals surface area (Å²) < 4.78 is 5.91. The fourth-order valence-corrected chi connectivity index (χ4v) is 2.22. The summed E-state index contributed by atoms with van der Waals surface area (Å²) in [5, 5.41) is 4.17. The molecule has 0 radical (unpaired) electrons. The van der Waals surface area contributed by atoms with E-state index in [1.54, 1.807) is 0 Å². The van der Waals surface area contributed by atoms with Crippen molar-refractivity contribution in [2.45, 2.75) is 65.5 Å². The van der Waals surface area contributed by atoms with Gasteiger partial charge in [0.05, 0.1) is 6.61 Å². The molecule has 3 heteroatoms. The van der Waals surface area contributed by atoms with E-state index in [-0.39, 0.29) is 0 Å². The van der Waals surface area contributed by atoms with Crippen molar-refractivity contribution in [3.63, 3.8) is 0 Å². The molecule has 1 aromatic carbocycles. The molecule has 0 unspecified atom stereocenters. The van der Waals surface area contributed by atoms with E-state index >= 15 is 0 Å². The number of hydrogen-bond donors (Lipinski definition) is 1. The van der Waals surface area contributed by atoms with Crippen LogP contribution in [0.15, 0.2) is 18.2 Å². The van der Waals surface area contributed by atoms with Crippen LogP contribution in [0.5, 0.6) is 5.75 Å². The minimum absolute atomic E-state index is 0.455. The topological polar surface area (TPSA) is 21.3 Å². The van der Waals surface area contributed by atoms with Crippen LogP contribution < -0.4 is 10.1 Å². The van der Waals surface area contributed by atoms with Crippen molar-refractivity contribution in [1.82, 2.24) is 5.32 Å². The molecule has 0 saturated carbocycles. The fourth-order valence-electron chi connectivity index (χ4n) is 2.03. The normalized spacial score (nSPS) is 11.1. The smallest absolute Gasteiger partial charge is 0.123 e. The van der Waals surface area contributed by atoms with Crippen molar-refractivity contribution in [3.8, 4) is 5.75 Å². The van der Waals surface area contributed by atoms with Gasteiger partial charge >= 0.3 is 0 Å². The van der Waals surface area contributed by atoms with Gasteiger partial charge in [-0.3, -0.25) is 0 Å². The zero-order valence-electron chi connectivity index (χ0n) is 13.0. The van der Waals surface area contributed by atoms with Gasteiger partial charge < -0.3 is 10.1 Å². The summed E-state index contributed by atoms with van der Waals surface area (Å²) in [7, 11) is 0. The first kappa shape index (κ1) is 17.3. The molecule has 0 saturated heterocycles. The van der Waals surface area contributed by atoms with Gasteiger partial charge in [-0.2, -0.15) is 0 Å². The molecule has 0 atom stereocenters. The maximum Gasteiger partial charge on any atom is 0.123 e. The van der Waals surface area contributed by atoms with Gasteiger partial charge in [-0.15, -0.1) is 0 Å². The largest absolute Gasteiger partial charge is 0.493 e. The number of unbranched alkanes of at least 4 members (excludes halogenated alkanes) is 4. The second kappa shape index (κ2) is 10.1. The highest BCUT2D eigenvalue weighted by atomic mass is 35.5. The number of ether oxygens (including phenoxy) is 1. The molecule has 0 aliphatic rings. The maximum absolute atomic E-state index is 6.07. The Labute approximate surface area is 128 Å². The highest BCUT2D eigenvalue weighted by Crippen LogP contribution is 2.23. The van der Waals surface area contributed by atoms with E-state index in [9.17, 15) is 0 Å². The first-order valence-corrected chi connectivity index (χ1v) is 8.16. The van der Waals surface area contributed by atoms with Crippen LogP contribution in [0.3, 0.4) is 0 Å². The van der Waals surface area contributed by atoms with E-state index in [2.05, 4.69) is 26.1 Å². The zero-order chi connectivity index (χ0) is 14.8. The molecule has 0 amide bonds. The lowest BCUT2D eigenvalue weighted by molar-refractivity contribution is 0.300. The molecule has 0 spiro atoms. The number of nitrogens with one attached hydrogen (secondary N) is 1. The van der Waals surface area contributed by atoms with Crippen molar-refractivity contribution in [2.24, 2.45) is 0 Å². The van der Waals surface area contributed by atoms with Crippen LogP contribution in [0.2, 0.25) is 5.02 Å². The molecule has 0 bridgehead atoms. The molecule has 0 aromatic heterocycles. The van der Waals surface area contributed by atoms with Gasteiger partial charge in [-0.05, 0) is 24.6 Å². The second-order valence-electron chi connectivity index (χ2n) is 5.55. The van der Waals surface area contributed by atoms with E-state index < -0.39 is 0 Å². The molecule has 1 rings (SSSR count). The number of benzene rings is 1. The molecule has 0 fully saturated rings. The third-order valence-corrected chi connectivity index (χ3v) is 3.46.